The minimum Gasteiger partial charge on any atom is -0.872 e. The van der Waals surface area contributed by atoms with E-state index in [4.69, 9.17) is 8.83 Å². The first kappa shape index (κ1) is 14.9. The monoisotopic (exact) mass is 312 g/mol. The van der Waals surface area contributed by atoms with Gasteiger partial charge in [0.1, 0.15) is 23.0 Å². The molecule has 23 heavy (non-hydrogen) atoms. The van der Waals surface area contributed by atoms with E-state index < -0.39 is 10.8 Å². The Morgan fingerprint density at radius 2 is 1.52 bits per heavy atom. The number of nitro groups is 1. The molecular formula is C17H14NO5-. The maximum absolute atomic E-state index is 12.3. The average molecular weight is 312 g/mol. The fourth-order valence-corrected chi connectivity index (χ4v) is 2.54. The Morgan fingerprint density at radius 1 is 0.957 bits per heavy atom. The van der Waals surface area contributed by atoms with Crippen molar-refractivity contribution in [2.24, 2.45) is 0 Å². The molecule has 0 aliphatic heterocycles. The molecule has 0 bridgehead atoms. The van der Waals surface area contributed by atoms with Crippen molar-refractivity contribution in [1.82, 2.24) is 0 Å². The summed E-state index contributed by atoms with van der Waals surface area (Å²) in [5.41, 5.74) is 0.110. The van der Waals surface area contributed by atoms with Gasteiger partial charge >= 0.3 is 0 Å². The van der Waals surface area contributed by atoms with Gasteiger partial charge in [0.25, 0.3) is 5.69 Å². The van der Waals surface area contributed by atoms with Crippen molar-refractivity contribution in [2.45, 2.75) is 19.8 Å². The fourth-order valence-electron chi connectivity index (χ4n) is 2.54. The average Bonchev–Trinajstić information content (AvgIpc) is 3.10. The second-order valence-corrected chi connectivity index (χ2v) is 5.31. The zero-order chi connectivity index (χ0) is 16.6. The van der Waals surface area contributed by atoms with Gasteiger partial charge in [-0.2, -0.15) is 0 Å². The van der Waals surface area contributed by atoms with Crippen molar-refractivity contribution in [3.8, 4) is 5.75 Å². The molecule has 1 aromatic carbocycles. The van der Waals surface area contributed by atoms with Gasteiger partial charge in [0.15, 0.2) is 0 Å². The number of hydrogen-bond acceptors (Lipinski definition) is 5. The van der Waals surface area contributed by atoms with Crippen LogP contribution in [-0.4, -0.2) is 4.92 Å². The van der Waals surface area contributed by atoms with Gasteiger partial charge < -0.3 is 13.9 Å². The lowest BCUT2D eigenvalue weighted by Gasteiger charge is -2.19. The van der Waals surface area contributed by atoms with E-state index in [9.17, 15) is 15.2 Å². The first-order chi connectivity index (χ1) is 11.0. The highest BCUT2D eigenvalue weighted by molar-refractivity contribution is 5.49. The summed E-state index contributed by atoms with van der Waals surface area (Å²) >= 11 is 0. The maximum atomic E-state index is 12.3. The third-order valence-electron chi connectivity index (χ3n) is 3.61. The van der Waals surface area contributed by atoms with E-state index in [-0.39, 0.29) is 17.0 Å². The molecule has 6 heteroatoms. The molecule has 0 saturated carbocycles. The van der Waals surface area contributed by atoms with Crippen LogP contribution in [0.3, 0.4) is 0 Å². The van der Waals surface area contributed by atoms with Crippen LogP contribution >= 0.6 is 0 Å². The Labute approximate surface area is 132 Å². The number of nitrogens with zero attached hydrogens (tertiary/aromatic N) is 1. The molecule has 0 aliphatic rings. The molecule has 0 atom stereocenters. The van der Waals surface area contributed by atoms with Crippen molar-refractivity contribution in [3.63, 3.8) is 0 Å². The number of furan rings is 2. The van der Waals surface area contributed by atoms with Crippen molar-refractivity contribution in [1.29, 1.82) is 0 Å². The zero-order valence-electron chi connectivity index (χ0n) is 12.6. The summed E-state index contributed by atoms with van der Waals surface area (Å²) in [6, 6.07) is 10.7. The Balaban J connectivity index is 2.19. The second-order valence-electron chi connectivity index (χ2n) is 5.31. The van der Waals surface area contributed by atoms with Gasteiger partial charge in [-0.15, -0.1) is 5.75 Å². The molecule has 0 saturated heterocycles. The van der Waals surface area contributed by atoms with Crippen molar-refractivity contribution in [2.75, 3.05) is 0 Å². The zero-order valence-corrected chi connectivity index (χ0v) is 12.6. The van der Waals surface area contributed by atoms with Gasteiger partial charge in [-0.1, -0.05) is 6.07 Å². The normalized spacial score (nSPS) is 11.1. The SMILES string of the molecule is Cc1ccc(C(c2ccc(C)o2)c2cc([N+](=O)[O-])ccc2[O-])o1. The summed E-state index contributed by atoms with van der Waals surface area (Å²) in [6.45, 7) is 3.58. The third kappa shape index (κ3) is 2.83. The van der Waals surface area contributed by atoms with Crippen LogP contribution in [0.25, 0.3) is 0 Å². The van der Waals surface area contributed by atoms with Gasteiger partial charge in [-0.25, -0.2) is 0 Å². The Bertz CT molecular complexity index is 821. The van der Waals surface area contributed by atoms with E-state index in [1.165, 1.54) is 18.2 Å². The lowest BCUT2D eigenvalue weighted by Crippen LogP contribution is -2.07. The highest BCUT2D eigenvalue weighted by atomic mass is 16.6. The van der Waals surface area contributed by atoms with Crippen LogP contribution in [0.5, 0.6) is 5.75 Å². The Hall–Kier alpha value is -3.02. The summed E-state index contributed by atoms with van der Waals surface area (Å²) in [6.07, 6.45) is 0. The molecule has 2 heterocycles. The number of benzene rings is 1. The largest absolute Gasteiger partial charge is 0.872 e. The van der Waals surface area contributed by atoms with Crippen molar-refractivity contribution in [3.05, 3.63) is 81.2 Å². The number of aryl methyl sites for hydroxylation is 2. The predicted octanol–water partition coefficient (Wildman–Crippen LogP) is 3.65. The summed E-state index contributed by atoms with van der Waals surface area (Å²) in [5.74, 6) is 1.47. The van der Waals surface area contributed by atoms with E-state index in [1.54, 1.807) is 38.1 Å². The lowest BCUT2D eigenvalue weighted by molar-refractivity contribution is -0.385. The van der Waals surface area contributed by atoms with Gasteiger partial charge in [0, 0.05) is 12.1 Å². The topological polar surface area (TPSA) is 92.5 Å². The minimum atomic E-state index is -0.621. The van der Waals surface area contributed by atoms with Crippen LogP contribution in [0.2, 0.25) is 0 Å². The van der Waals surface area contributed by atoms with E-state index in [0.717, 1.165) is 0 Å². The molecule has 118 valence electrons. The summed E-state index contributed by atoms with van der Waals surface area (Å²) < 4.78 is 11.3. The first-order valence-corrected chi connectivity index (χ1v) is 7.03. The van der Waals surface area contributed by atoms with Gasteiger partial charge in [-0.05, 0) is 43.7 Å². The minimum absolute atomic E-state index is 0.142. The fraction of sp³-hybridized carbons (Fsp3) is 0.176. The Morgan fingerprint density at radius 3 is 1.96 bits per heavy atom. The summed E-state index contributed by atoms with van der Waals surface area (Å²) in [5, 5.41) is 23.3. The van der Waals surface area contributed by atoms with Crippen LogP contribution in [0.15, 0.2) is 51.3 Å². The van der Waals surface area contributed by atoms with E-state index in [2.05, 4.69) is 0 Å². The van der Waals surface area contributed by atoms with Gasteiger partial charge in [-0.3, -0.25) is 10.1 Å². The Kier molecular flexibility index (Phi) is 3.65. The van der Waals surface area contributed by atoms with Crippen LogP contribution in [0.4, 0.5) is 5.69 Å². The number of non-ortho nitro benzene ring substituents is 1. The van der Waals surface area contributed by atoms with Crippen LogP contribution in [0, 0.1) is 24.0 Å². The molecule has 0 aliphatic carbocycles. The lowest BCUT2D eigenvalue weighted by atomic mass is 9.92. The highest BCUT2D eigenvalue weighted by Gasteiger charge is 2.25. The molecular weight excluding hydrogens is 298 g/mol. The van der Waals surface area contributed by atoms with Crippen LogP contribution < -0.4 is 5.11 Å². The summed E-state index contributed by atoms with van der Waals surface area (Å²) in [7, 11) is 0. The van der Waals surface area contributed by atoms with Gasteiger partial charge in [0.05, 0.1) is 10.8 Å². The van der Waals surface area contributed by atoms with Crippen molar-refractivity contribution >= 4 is 5.69 Å². The molecule has 0 fully saturated rings. The van der Waals surface area contributed by atoms with E-state index >= 15 is 0 Å². The standard InChI is InChI=1S/C17H15NO5/c1-10-3-7-15(22-10)17(16-8-4-11(2)23-16)13-9-12(18(20)21)5-6-14(13)19/h3-9,17,19H,1-2H3/p-1. The molecule has 0 radical (unpaired) electrons. The molecule has 0 amide bonds. The molecule has 0 spiro atoms. The van der Waals surface area contributed by atoms with E-state index in [0.29, 0.717) is 23.0 Å². The quantitative estimate of drug-likeness (QED) is 0.541. The van der Waals surface area contributed by atoms with Crippen molar-refractivity contribution < 1.29 is 18.9 Å². The molecule has 2 aromatic heterocycles. The number of hydrogen-bond donors (Lipinski definition) is 0. The first-order valence-electron chi connectivity index (χ1n) is 7.03. The van der Waals surface area contributed by atoms with Gasteiger partial charge in [0.2, 0.25) is 0 Å². The molecule has 6 nitrogen and oxygen atoms in total. The maximum Gasteiger partial charge on any atom is 0.269 e. The summed E-state index contributed by atoms with van der Waals surface area (Å²) in [4.78, 5) is 10.5. The number of nitro benzene ring substituents is 1. The second kappa shape index (κ2) is 5.64. The smallest absolute Gasteiger partial charge is 0.269 e. The molecule has 0 unspecified atom stereocenters. The number of rotatable bonds is 4. The van der Waals surface area contributed by atoms with E-state index in [1.807, 2.05) is 0 Å². The third-order valence-corrected chi connectivity index (χ3v) is 3.61. The van der Waals surface area contributed by atoms with Crippen LogP contribution in [-0.2, 0) is 0 Å². The molecule has 3 rings (SSSR count). The van der Waals surface area contributed by atoms with Crippen LogP contribution in [0.1, 0.15) is 34.5 Å². The molecule has 0 N–H and O–H groups in total. The predicted molar refractivity (Wildman–Crippen MR) is 80.4 cm³/mol. The highest BCUT2D eigenvalue weighted by Crippen LogP contribution is 2.38. The molecule has 3 aromatic rings.